The molecule has 1 amide bonds. The van der Waals surface area contributed by atoms with E-state index in [9.17, 15) is 28.1 Å². The van der Waals surface area contributed by atoms with Crippen molar-refractivity contribution in [2.24, 2.45) is 5.92 Å². The summed E-state index contributed by atoms with van der Waals surface area (Å²) in [6, 6.07) is 2.28. The fourth-order valence-electron chi connectivity index (χ4n) is 2.41. The number of hydrogen-bond acceptors (Lipinski definition) is 7. The van der Waals surface area contributed by atoms with Gasteiger partial charge in [-0.3, -0.25) is 14.9 Å². The third-order valence-corrected chi connectivity index (χ3v) is 5.46. The summed E-state index contributed by atoms with van der Waals surface area (Å²) in [6.45, 7) is 5.22. The van der Waals surface area contributed by atoms with E-state index >= 15 is 0 Å². The molecule has 1 rings (SSSR count). The van der Waals surface area contributed by atoms with Gasteiger partial charge in [-0.1, -0.05) is 27.2 Å². The number of nitro groups is 1. The number of ether oxygens (including phenoxy) is 1. The molecule has 0 heterocycles. The first kappa shape index (κ1) is 23.5. The van der Waals surface area contributed by atoms with Crippen LogP contribution in [0, 0.1) is 16.0 Å². The van der Waals surface area contributed by atoms with Gasteiger partial charge in [-0.25, -0.2) is 13.2 Å². The highest BCUT2D eigenvalue weighted by molar-refractivity contribution is 7.89. The Hall–Kier alpha value is -2.53. The number of carbonyl (C=O) groups is 2. The summed E-state index contributed by atoms with van der Waals surface area (Å²) in [7, 11) is -2.90. The number of methoxy groups -OCH3 is 1. The van der Waals surface area contributed by atoms with Crippen LogP contribution in [0.1, 0.15) is 33.6 Å². The minimum atomic E-state index is -4.10. The Morgan fingerprint density at radius 2 is 1.79 bits per heavy atom. The van der Waals surface area contributed by atoms with E-state index in [1.807, 2.05) is 0 Å². The number of carbonyl (C=O) groups excluding carboxylic acids is 2. The second kappa shape index (κ2) is 10.1. The van der Waals surface area contributed by atoms with Gasteiger partial charge in [-0.15, -0.1) is 0 Å². The number of non-ortho nitro benzene ring substituents is 1. The molecule has 1 aromatic carbocycles. The molecule has 0 bridgehead atoms. The molecule has 0 unspecified atom stereocenters. The van der Waals surface area contributed by atoms with Crippen LogP contribution in [-0.2, 0) is 24.3 Å². The largest absolute Gasteiger partial charge is 0.467 e. The fourth-order valence-corrected chi connectivity index (χ4v) is 3.64. The predicted octanol–water partition coefficient (Wildman–Crippen LogP) is 1.36. The number of sulfonamides is 1. The first-order valence-corrected chi connectivity index (χ1v) is 10.2. The Morgan fingerprint density at radius 1 is 1.21 bits per heavy atom. The Morgan fingerprint density at radius 3 is 2.21 bits per heavy atom. The van der Waals surface area contributed by atoms with Crippen LogP contribution in [0.15, 0.2) is 29.2 Å². The molecule has 2 N–H and O–H groups in total. The molecule has 1 aromatic rings. The van der Waals surface area contributed by atoms with Crippen molar-refractivity contribution in [1.82, 2.24) is 10.0 Å². The highest BCUT2D eigenvalue weighted by Gasteiger charge is 2.30. The molecule has 2 atom stereocenters. The first-order valence-electron chi connectivity index (χ1n) is 8.68. The molecule has 0 saturated carbocycles. The first-order chi connectivity index (χ1) is 13.0. The van der Waals surface area contributed by atoms with Crippen molar-refractivity contribution in [2.75, 3.05) is 7.11 Å². The van der Waals surface area contributed by atoms with Gasteiger partial charge in [-0.05, 0) is 24.5 Å². The summed E-state index contributed by atoms with van der Waals surface area (Å²) in [5, 5.41) is 13.2. The average Bonchev–Trinajstić information content (AvgIpc) is 2.64. The van der Waals surface area contributed by atoms with E-state index < -0.39 is 38.9 Å². The van der Waals surface area contributed by atoms with E-state index in [0.717, 1.165) is 24.3 Å². The van der Waals surface area contributed by atoms with Crippen molar-refractivity contribution in [1.29, 1.82) is 0 Å². The molecule has 0 fully saturated rings. The summed E-state index contributed by atoms with van der Waals surface area (Å²) in [4.78, 5) is 34.3. The van der Waals surface area contributed by atoms with Gasteiger partial charge in [-0.2, -0.15) is 4.72 Å². The number of benzene rings is 1. The van der Waals surface area contributed by atoms with Crippen molar-refractivity contribution in [3.63, 3.8) is 0 Å². The van der Waals surface area contributed by atoms with Crippen LogP contribution in [0.3, 0.4) is 0 Å². The highest BCUT2D eigenvalue weighted by atomic mass is 32.2. The molecule has 0 radical (unpaired) electrons. The second-order valence-corrected chi connectivity index (χ2v) is 8.18. The summed E-state index contributed by atoms with van der Waals surface area (Å²) in [5.41, 5.74) is -0.250. The van der Waals surface area contributed by atoms with Gasteiger partial charge < -0.3 is 10.1 Å². The smallest absolute Gasteiger partial charge is 0.328 e. The SMILES string of the molecule is CCC[C@H](NS(=O)(=O)c1ccc([N+](=O)[O-])cc1)C(=O)N[C@H](C(=O)OC)C(C)C. The summed E-state index contributed by atoms with van der Waals surface area (Å²) in [5.74, 6) is -1.54. The number of hydrogen-bond donors (Lipinski definition) is 2. The number of nitro benzene ring substituents is 1. The highest BCUT2D eigenvalue weighted by Crippen LogP contribution is 2.17. The van der Waals surface area contributed by atoms with Gasteiger partial charge >= 0.3 is 5.97 Å². The van der Waals surface area contributed by atoms with Gasteiger partial charge in [0.25, 0.3) is 5.69 Å². The maximum Gasteiger partial charge on any atom is 0.328 e. The van der Waals surface area contributed by atoms with Crippen LogP contribution in [0.2, 0.25) is 0 Å². The quantitative estimate of drug-likeness (QED) is 0.333. The number of esters is 1. The van der Waals surface area contributed by atoms with Crippen LogP contribution in [-0.4, -0.2) is 44.4 Å². The normalized spacial score (nSPS) is 13.6. The van der Waals surface area contributed by atoms with E-state index in [4.69, 9.17) is 0 Å². The van der Waals surface area contributed by atoms with Crippen LogP contribution in [0.5, 0.6) is 0 Å². The van der Waals surface area contributed by atoms with Crippen molar-refractivity contribution < 1.29 is 27.7 Å². The monoisotopic (exact) mass is 415 g/mol. The van der Waals surface area contributed by atoms with Gasteiger partial charge in [0.1, 0.15) is 12.1 Å². The minimum absolute atomic E-state index is 0.198. The average molecular weight is 415 g/mol. The predicted molar refractivity (Wildman–Crippen MR) is 101 cm³/mol. The second-order valence-electron chi connectivity index (χ2n) is 6.47. The summed E-state index contributed by atoms with van der Waals surface area (Å²) < 4.78 is 32.1. The lowest BCUT2D eigenvalue weighted by Crippen LogP contribution is -2.53. The van der Waals surface area contributed by atoms with E-state index in [1.54, 1.807) is 20.8 Å². The van der Waals surface area contributed by atoms with Crippen LogP contribution < -0.4 is 10.0 Å². The Labute approximate surface area is 163 Å². The number of nitrogens with zero attached hydrogens (tertiary/aromatic N) is 1. The Balaban J connectivity index is 3.02. The van der Waals surface area contributed by atoms with Crippen molar-refractivity contribution in [3.05, 3.63) is 34.4 Å². The van der Waals surface area contributed by atoms with Gasteiger partial charge in [0.15, 0.2) is 0 Å². The molecule has 28 heavy (non-hydrogen) atoms. The topological polar surface area (TPSA) is 145 Å². The zero-order valence-corrected chi connectivity index (χ0v) is 17.0. The van der Waals surface area contributed by atoms with E-state index in [0.29, 0.717) is 6.42 Å². The van der Waals surface area contributed by atoms with Gasteiger partial charge in [0.05, 0.1) is 16.9 Å². The Bertz CT molecular complexity index is 807. The third-order valence-electron chi connectivity index (χ3n) is 3.97. The molecule has 0 spiro atoms. The van der Waals surface area contributed by atoms with Gasteiger partial charge in [0.2, 0.25) is 15.9 Å². The van der Waals surface area contributed by atoms with Crippen molar-refractivity contribution in [2.45, 2.75) is 50.6 Å². The standard InChI is InChI=1S/C17H25N3O7S/c1-5-6-14(16(21)18-15(11(2)3)17(22)27-4)19-28(25,26)13-9-7-12(8-10-13)20(23)24/h7-11,14-15,19H,5-6H2,1-4H3,(H,18,21)/t14-,15-/m0/s1. The molecular formula is C17H25N3O7S. The fraction of sp³-hybridized carbons (Fsp3) is 0.529. The van der Waals surface area contributed by atoms with E-state index in [2.05, 4.69) is 14.8 Å². The summed E-state index contributed by atoms with van der Waals surface area (Å²) in [6.07, 6.45) is 0.704. The molecule has 0 saturated heterocycles. The zero-order chi connectivity index (χ0) is 21.5. The Kier molecular flexibility index (Phi) is 8.51. The van der Waals surface area contributed by atoms with Crippen LogP contribution >= 0.6 is 0 Å². The molecule has 0 aromatic heterocycles. The molecule has 0 aliphatic rings. The lowest BCUT2D eigenvalue weighted by Gasteiger charge is -2.24. The number of rotatable bonds is 10. The van der Waals surface area contributed by atoms with E-state index in [-0.39, 0.29) is 22.9 Å². The van der Waals surface area contributed by atoms with Crippen LogP contribution in [0.4, 0.5) is 5.69 Å². The molecular weight excluding hydrogens is 390 g/mol. The van der Waals surface area contributed by atoms with E-state index in [1.165, 1.54) is 7.11 Å². The van der Waals surface area contributed by atoms with Gasteiger partial charge in [0, 0.05) is 12.1 Å². The lowest BCUT2D eigenvalue weighted by atomic mass is 10.0. The van der Waals surface area contributed by atoms with Crippen LogP contribution in [0.25, 0.3) is 0 Å². The maximum atomic E-state index is 12.6. The lowest BCUT2D eigenvalue weighted by molar-refractivity contribution is -0.384. The zero-order valence-electron chi connectivity index (χ0n) is 16.2. The van der Waals surface area contributed by atoms with Crippen molar-refractivity contribution >= 4 is 27.6 Å². The molecule has 156 valence electrons. The number of amides is 1. The minimum Gasteiger partial charge on any atom is -0.467 e. The van der Waals surface area contributed by atoms with Crippen molar-refractivity contribution in [3.8, 4) is 0 Å². The molecule has 11 heteroatoms. The molecule has 0 aliphatic heterocycles. The summed E-state index contributed by atoms with van der Waals surface area (Å²) >= 11 is 0. The molecule has 10 nitrogen and oxygen atoms in total. The number of nitrogens with one attached hydrogen (secondary N) is 2. The third kappa shape index (κ3) is 6.27. The maximum absolute atomic E-state index is 12.6. The molecule has 0 aliphatic carbocycles.